The summed E-state index contributed by atoms with van der Waals surface area (Å²) in [5.74, 6) is 1.40. The van der Waals surface area contributed by atoms with E-state index in [1.165, 1.54) is 0 Å². The molecule has 1 saturated heterocycles. The van der Waals surface area contributed by atoms with Gasteiger partial charge in [-0.3, -0.25) is 4.79 Å². The number of carbonyl (C=O) groups excluding carboxylic acids is 1. The summed E-state index contributed by atoms with van der Waals surface area (Å²) in [5, 5.41) is 8.73. The lowest BCUT2D eigenvalue weighted by Gasteiger charge is -2.29. The molecule has 0 aromatic heterocycles. The summed E-state index contributed by atoms with van der Waals surface area (Å²) in [7, 11) is 0. The molecule has 2 rings (SSSR count). The van der Waals surface area contributed by atoms with Crippen molar-refractivity contribution in [2.45, 2.75) is 26.2 Å². The summed E-state index contributed by atoms with van der Waals surface area (Å²) in [5.41, 5.74) is 0. The highest BCUT2D eigenvalue weighted by molar-refractivity contribution is 5.81. The molecule has 0 aromatic rings. The van der Waals surface area contributed by atoms with E-state index in [0.717, 1.165) is 32.4 Å². The lowest BCUT2D eigenvalue weighted by atomic mass is 9.98. The summed E-state index contributed by atoms with van der Waals surface area (Å²) >= 11 is 0. The van der Waals surface area contributed by atoms with Gasteiger partial charge in [0, 0.05) is 24.9 Å². The molecule has 0 N–H and O–H groups in total. The van der Waals surface area contributed by atoms with E-state index in [1.807, 2.05) is 4.90 Å². The summed E-state index contributed by atoms with van der Waals surface area (Å²) in [6.07, 6.45) is 2.80. The molecule has 2 fully saturated rings. The molecule has 2 unspecified atom stereocenters. The van der Waals surface area contributed by atoms with E-state index < -0.39 is 0 Å². The molecule has 1 aliphatic carbocycles. The smallest absolute Gasteiger partial charge is 0.225 e. The number of rotatable bonds is 1. The minimum Gasteiger partial charge on any atom is -0.342 e. The molecule has 3 heteroatoms. The van der Waals surface area contributed by atoms with Crippen molar-refractivity contribution in [3.8, 4) is 6.07 Å². The zero-order valence-corrected chi connectivity index (χ0v) is 8.57. The number of nitrogens with zero attached hydrogens (tertiary/aromatic N) is 2. The lowest BCUT2D eigenvalue weighted by molar-refractivity contribution is -0.134. The second kappa shape index (κ2) is 3.61. The van der Waals surface area contributed by atoms with Gasteiger partial charge in [-0.1, -0.05) is 6.92 Å². The fourth-order valence-corrected chi connectivity index (χ4v) is 2.13. The molecule has 14 heavy (non-hydrogen) atoms. The largest absolute Gasteiger partial charge is 0.342 e. The molecule has 3 nitrogen and oxygen atoms in total. The van der Waals surface area contributed by atoms with Crippen LogP contribution in [0.15, 0.2) is 0 Å². The maximum Gasteiger partial charge on any atom is 0.225 e. The van der Waals surface area contributed by atoms with Gasteiger partial charge in [0.25, 0.3) is 0 Å². The zero-order chi connectivity index (χ0) is 10.1. The number of hydrogen-bond acceptors (Lipinski definition) is 2. The molecule has 0 bridgehead atoms. The first-order valence-corrected chi connectivity index (χ1v) is 5.40. The van der Waals surface area contributed by atoms with E-state index in [0.29, 0.717) is 17.7 Å². The third-order valence-electron chi connectivity index (χ3n) is 3.42. The molecule has 1 saturated carbocycles. The highest BCUT2D eigenvalue weighted by Crippen LogP contribution is 2.39. The summed E-state index contributed by atoms with van der Waals surface area (Å²) < 4.78 is 0. The fourth-order valence-electron chi connectivity index (χ4n) is 2.13. The van der Waals surface area contributed by atoms with Crippen LogP contribution in [0.1, 0.15) is 26.2 Å². The molecule has 1 amide bonds. The van der Waals surface area contributed by atoms with Crippen molar-refractivity contribution in [2.24, 2.45) is 17.8 Å². The van der Waals surface area contributed by atoms with Crippen LogP contribution in [-0.2, 0) is 4.79 Å². The molecule has 76 valence electrons. The van der Waals surface area contributed by atoms with Crippen molar-refractivity contribution in [3.05, 3.63) is 0 Å². The van der Waals surface area contributed by atoms with Crippen LogP contribution < -0.4 is 0 Å². The number of likely N-dealkylation sites (tertiary alicyclic amines) is 1. The summed E-state index contributed by atoms with van der Waals surface area (Å²) in [6.45, 7) is 3.71. The van der Waals surface area contributed by atoms with Crippen molar-refractivity contribution < 1.29 is 4.79 Å². The Morgan fingerprint density at radius 2 is 2.00 bits per heavy atom. The van der Waals surface area contributed by atoms with E-state index in [4.69, 9.17) is 5.26 Å². The van der Waals surface area contributed by atoms with Crippen LogP contribution >= 0.6 is 0 Å². The minimum absolute atomic E-state index is 0.177. The topological polar surface area (TPSA) is 44.1 Å². The van der Waals surface area contributed by atoms with Crippen LogP contribution in [0.2, 0.25) is 0 Å². The third-order valence-corrected chi connectivity index (χ3v) is 3.42. The first-order chi connectivity index (χ1) is 6.72. The van der Waals surface area contributed by atoms with Crippen LogP contribution in [0.3, 0.4) is 0 Å². The second-order valence-corrected chi connectivity index (χ2v) is 4.55. The average Bonchev–Trinajstić information content (AvgIpc) is 2.95. The van der Waals surface area contributed by atoms with Crippen molar-refractivity contribution in [3.63, 3.8) is 0 Å². The van der Waals surface area contributed by atoms with Gasteiger partial charge in [0.1, 0.15) is 0 Å². The van der Waals surface area contributed by atoms with Gasteiger partial charge in [-0.05, 0) is 25.2 Å². The van der Waals surface area contributed by atoms with E-state index in [9.17, 15) is 4.79 Å². The molecule has 0 spiro atoms. The average molecular weight is 192 g/mol. The zero-order valence-electron chi connectivity index (χ0n) is 8.57. The third kappa shape index (κ3) is 1.75. The van der Waals surface area contributed by atoms with Crippen LogP contribution in [-0.4, -0.2) is 23.9 Å². The molecule has 0 radical (unpaired) electrons. The van der Waals surface area contributed by atoms with Crippen molar-refractivity contribution in [2.75, 3.05) is 13.1 Å². The first-order valence-electron chi connectivity index (χ1n) is 5.40. The van der Waals surface area contributed by atoms with Crippen LogP contribution in [0.5, 0.6) is 0 Å². The number of carbonyl (C=O) groups is 1. The fraction of sp³-hybridized carbons (Fsp3) is 0.818. The van der Waals surface area contributed by atoms with Gasteiger partial charge in [0.2, 0.25) is 5.91 Å². The Bertz CT molecular complexity index is 274. The molecule has 0 aromatic carbocycles. The molecule has 1 heterocycles. The molecule has 2 aliphatic rings. The van der Waals surface area contributed by atoms with Gasteiger partial charge in [-0.25, -0.2) is 0 Å². The predicted molar refractivity (Wildman–Crippen MR) is 52.2 cm³/mol. The van der Waals surface area contributed by atoms with E-state index in [1.54, 1.807) is 0 Å². The maximum absolute atomic E-state index is 11.8. The van der Waals surface area contributed by atoms with Crippen molar-refractivity contribution in [1.29, 1.82) is 5.26 Å². The lowest BCUT2D eigenvalue weighted by Crippen LogP contribution is -2.39. The summed E-state index contributed by atoms with van der Waals surface area (Å²) in [6, 6.07) is 2.28. The Balaban J connectivity index is 1.84. The van der Waals surface area contributed by atoms with Gasteiger partial charge < -0.3 is 4.90 Å². The molecule has 1 aliphatic heterocycles. The van der Waals surface area contributed by atoms with E-state index in [-0.39, 0.29) is 5.92 Å². The van der Waals surface area contributed by atoms with Gasteiger partial charge in [0.15, 0.2) is 0 Å². The van der Waals surface area contributed by atoms with E-state index in [2.05, 4.69) is 13.0 Å². The Morgan fingerprint density at radius 3 is 2.43 bits per heavy atom. The standard InChI is InChI=1S/C11H16N2O/c1-8-6-10(8)11(14)13-4-2-9(7-12)3-5-13/h8-10H,2-6H2,1H3. The predicted octanol–water partition coefficient (Wildman–Crippen LogP) is 1.40. The minimum atomic E-state index is 0.177. The van der Waals surface area contributed by atoms with Gasteiger partial charge in [0.05, 0.1) is 6.07 Å². The van der Waals surface area contributed by atoms with Crippen LogP contribution in [0, 0.1) is 29.1 Å². The first kappa shape index (κ1) is 9.51. The Hall–Kier alpha value is -1.04. The normalized spacial score (nSPS) is 32.4. The second-order valence-electron chi connectivity index (χ2n) is 4.55. The van der Waals surface area contributed by atoms with Crippen LogP contribution in [0.4, 0.5) is 0 Å². The molecule has 2 atom stereocenters. The number of piperidine rings is 1. The Labute approximate surface area is 84.7 Å². The number of amides is 1. The number of nitriles is 1. The Kier molecular flexibility index (Phi) is 2.45. The maximum atomic E-state index is 11.8. The quantitative estimate of drug-likeness (QED) is 0.630. The SMILES string of the molecule is CC1CC1C(=O)N1CCC(C#N)CC1. The Morgan fingerprint density at radius 1 is 1.43 bits per heavy atom. The van der Waals surface area contributed by atoms with Crippen LogP contribution in [0.25, 0.3) is 0 Å². The van der Waals surface area contributed by atoms with E-state index >= 15 is 0 Å². The van der Waals surface area contributed by atoms with Crippen molar-refractivity contribution in [1.82, 2.24) is 4.90 Å². The monoisotopic (exact) mass is 192 g/mol. The van der Waals surface area contributed by atoms with Crippen molar-refractivity contribution >= 4 is 5.91 Å². The highest BCUT2D eigenvalue weighted by Gasteiger charge is 2.41. The molecular weight excluding hydrogens is 176 g/mol. The van der Waals surface area contributed by atoms with Gasteiger partial charge >= 0.3 is 0 Å². The summed E-state index contributed by atoms with van der Waals surface area (Å²) in [4.78, 5) is 13.8. The van der Waals surface area contributed by atoms with Gasteiger partial charge in [-0.15, -0.1) is 0 Å². The highest BCUT2D eigenvalue weighted by atomic mass is 16.2. The molecular formula is C11H16N2O. The number of hydrogen-bond donors (Lipinski definition) is 0. The van der Waals surface area contributed by atoms with Gasteiger partial charge in [-0.2, -0.15) is 5.26 Å².